The van der Waals surface area contributed by atoms with E-state index in [4.69, 9.17) is 0 Å². The van der Waals surface area contributed by atoms with Crippen molar-refractivity contribution in [2.24, 2.45) is 0 Å². The van der Waals surface area contributed by atoms with Crippen LogP contribution in [0.5, 0.6) is 0 Å². The summed E-state index contributed by atoms with van der Waals surface area (Å²) in [6, 6.07) is 14.9. The van der Waals surface area contributed by atoms with Gasteiger partial charge in [0.15, 0.2) is 5.16 Å². The molecule has 2 aromatic carbocycles. The number of thioether (sulfide) groups is 1. The number of hydrogen-bond acceptors (Lipinski definition) is 5. The summed E-state index contributed by atoms with van der Waals surface area (Å²) in [5.41, 5.74) is 3.32. The molecule has 0 fully saturated rings. The second-order valence-electron chi connectivity index (χ2n) is 6.82. The third kappa shape index (κ3) is 5.03. The lowest BCUT2D eigenvalue weighted by Gasteiger charge is -2.11. The van der Waals surface area contributed by atoms with Crippen LogP contribution < -0.4 is 5.32 Å². The lowest BCUT2D eigenvalue weighted by atomic mass is 10.2. The predicted octanol–water partition coefficient (Wildman–Crippen LogP) is 3.32. The quantitative estimate of drug-likeness (QED) is 0.632. The molecule has 0 aliphatic heterocycles. The van der Waals surface area contributed by atoms with Crippen molar-refractivity contribution in [3.63, 3.8) is 0 Å². The van der Waals surface area contributed by atoms with E-state index in [9.17, 15) is 9.59 Å². The van der Waals surface area contributed by atoms with Crippen LogP contribution in [0.15, 0.2) is 53.7 Å². The standard InChI is InChI=1S/C21H23N5O2S/c1-14-6-5-7-18(12-14)26-15(2)23-24-21(26)29-13-19(27)22-17-10-8-16(9-11-17)20(28)25(3)4/h5-12H,13H2,1-4H3,(H,22,27). The monoisotopic (exact) mass is 409 g/mol. The second-order valence-corrected chi connectivity index (χ2v) is 7.76. The summed E-state index contributed by atoms with van der Waals surface area (Å²) in [4.78, 5) is 25.8. The maximum absolute atomic E-state index is 12.4. The molecule has 3 rings (SSSR count). The number of aromatic nitrogens is 3. The van der Waals surface area contributed by atoms with E-state index >= 15 is 0 Å². The van der Waals surface area contributed by atoms with Crippen LogP contribution in [0.3, 0.4) is 0 Å². The van der Waals surface area contributed by atoms with Crippen LogP contribution in [0.1, 0.15) is 21.7 Å². The Kier molecular flexibility index (Phi) is 6.33. The van der Waals surface area contributed by atoms with Crippen molar-refractivity contribution >= 4 is 29.3 Å². The number of carbonyl (C=O) groups excluding carboxylic acids is 2. The molecule has 0 unspecified atom stereocenters. The Morgan fingerprint density at radius 1 is 1.07 bits per heavy atom. The van der Waals surface area contributed by atoms with Crippen molar-refractivity contribution in [2.75, 3.05) is 25.2 Å². The zero-order chi connectivity index (χ0) is 21.0. The number of hydrogen-bond donors (Lipinski definition) is 1. The van der Waals surface area contributed by atoms with E-state index in [0.717, 1.165) is 17.1 Å². The van der Waals surface area contributed by atoms with Gasteiger partial charge in [-0.3, -0.25) is 14.2 Å². The first-order valence-corrected chi connectivity index (χ1v) is 10.1. The highest BCUT2D eigenvalue weighted by Gasteiger charge is 2.14. The molecule has 0 radical (unpaired) electrons. The van der Waals surface area contributed by atoms with Crippen LogP contribution >= 0.6 is 11.8 Å². The summed E-state index contributed by atoms with van der Waals surface area (Å²) in [6.07, 6.45) is 0. The van der Waals surface area contributed by atoms with Gasteiger partial charge in [0.1, 0.15) is 5.82 Å². The van der Waals surface area contributed by atoms with Crippen LogP contribution in [0.25, 0.3) is 5.69 Å². The Morgan fingerprint density at radius 2 is 1.79 bits per heavy atom. The van der Waals surface area contributed by atoms with E-state index in [-0.39, 0.29) is 17.6 Å². The SMILES string of the molecule is Cc1cccc(-n2c(C)nnc2SCC(=O)Nc2ccc(C(=O)N(C)C)cc2)c1. The molecule has 0 saturated carbocycles. The average molecular weight is 410 g/mol. The van der Waals surface area contributed by atoms with Crippen molar-refractivity contribution in [3.05, 3.63) is 65.5 Å². The first-order valence-electron chi connectivity index (χ1n) is 9.08. The highest BCUT2D eigenvalue weighted by Crippen LogP contribution is 2.22. The van der Waals surface area contributed by atoms with Crippen molar-refractivity contribution in [1.82, 2.24) is 19.7 Å². The number of amides is 2. The Hall–Kier alpha value is -3.13. The number of anilines is 1. The number of aryl methyl sites for hydroxylation is 2. The topological polar surface area (TPSA) is 80.1 Å². The molecule has 0 bridgehead atoms. The smallest absolute Gasteiger partial charge is 0.253 e. The fraction of sp³-hybridized carbons (Fsp3) is 0.238. The second kappa shape index (κ2) is 8.91. The maximum Gasteiger partial charge on any atom is 0.253 e. The van der Waals surface area contributed by atoms with E-state index < -0.39 is 0 Å². The highest BCUT2D eigenvalue weighted by molar-refractivity contribution is 7.99. The number of nitrogens with zero attached hydrogens (tertiary/aromatic N) is 4. The summed E-state index contributed by atoms with van der Waals surface area (Å²) in [6.45, 7) is 3.91. The molecular formula is C21H23N5O2S. The van der Waals surface area contributed by atoms with Gasteiger partial charge >= 0.3 is 0 Å². The Bertz CT molecular complexity index is 1030. The number of nitrogens with one attached hydrogen (secondary N) is 1. The van der Waals surface area contributed by atoms with Gasteiger partial charge in [0.05, 0.1) is 5.75 Å². The van der Waals surface area contributed by atoms with Gasteiger partial charge in [-0.15, -0.1) is 10.2 Å². The highest BCUT2D eigenvalue weighted by atomic mass is 32.2. The first kappa shape index (κ1) is 20.6. The Labute approximate surface area is 174 Å². The molecule has 1 aromatic heterocycles. The fourth-order valence-corrected chi connectivity index (χ4v) is 3.58. The van der Waals surface area contributed by atoms with Crippen molar-refractivity contribution in [1.29, 1.82) is 0 Å². The van der Waals surface area contributed by atoms with Gasteiger partial charge in [0.25, 0.3) is 5.91 Å². The lowest BCUT2D eigenvalue weighted by molar-refractivity contribution is -0.113. The summed E-state index contributed by atoms with van der Waals surface area (Å²) in [5.74, 6) is 0.726. The van der Waals surface area contributed by atoms with Gasteiger partial charge in [-0.25, -0.2) is 0 Å². The molecule has 0 aliphatic carbocycles. The average Bonchev–Trinajstić information content (AvgIpc) is 3.07. The number of benzene rings is 2. The Balaban J connectivity index is 1.64. The summed E-state index contributed by atoms with van der Waals surface area (Å²) < 4.78 is 1.94. The van der Waals surface area contributed by atoms with Gasteiger partial charge < -0.3 is 10.2 Å². The fourth-order valence-electron chi connectivity index (χ4n) is 2.78. The third-order valence-electron chi connectivity index (χ3n) is 4.21. The third-order valence-corrected chi connectivity index (χ3v) is 5.14. The molecule has 7 nitrogen and oxygen atoms in total. The predicted molar refractivity (Wildman–Crippen MR) is 115 cm³/mol. The zero-order valence-electron chi connectivity index (χ0n) is 16.8. The van der Waals surface area contributed by atoms with Crippen LogP contribution in [0.4, 0.5) is 5.69 Å². The van der Waals surface area contributed by atoms with Gasteiger partial charge in [0.2, 0.25) is 5.91 Å². The molecule has 0 aliphatic rings. The molecule has 8 heteroatoms. The van der Waals surface area contributed by atoms with Gasteiger partial charge in [-0.1, -0.05) is 23.9 Å². The van der Waals surface area contributed by atoms with Crippen molar-refractivity contribution in [2.45, 2.75) is 19.0 Å². The van der Waals surface area contributed by atoms with E-state index in [1.54, 1.807) is 38.4 Å². The van der Waals surface area contributed by atoms with Gasteiger partial charge in [-0.2, -0.15) is 0 Å². The van der Waals surface area contributed by atoms with E-state index in [0.29, 0.717) is 16.4 Å². The zero-order valence-corrected chi connectivity index (χ0v) is 17.7. The lowest BCUT2D eigenvalue weighted by Crippen LogP contribution is -2.21. The molecule has 0 saturated heterocycles. The van der Waals surface area contributed by atoms with E-state index in [2.05, 4.69) is 21.6 Å². The van der Waals surface area contributed by atoms with Crippen LogP contribution in [0.2, 0.25) is 0 Å². The first-order chi connectivity index (χ1) is 13.8. The minimum atomic E-state index is -0.155. The number of rotatable bonds is 6. The van der Waals surface area contributed by atoms with Crippen molar-refractivity contribution in [3.8, 4) is 5.69 Å². The molecular weight excluding hydrogens is 386 g/mol. The minimum absolute atomic E-state index is 0.0794. The van der Waals surface area contributed by atoms with Gasteiger partial charge in [0, 0.05) is 31.0 Å². The van der Waals surface area contributed by atoms with Crippen molar-refractivity contribution < 1.29 is 9.59 Å². The molecule has 1 N–H and O–H groups in total. The van der Waals surface area contributed by atoms with Gasteiger partial charge in [-0.05, 0) is 55.8 Å². The molecule has 3 aromatic rings. The molecule has 0 atom stereocenters. The summed E-state index contributed by atoms with van der Waals surface area (Å²) in [5, 5.41) is 11.9. The largest absolute Gasteiger partial charge is 0.345 e. The van der Waals surface area contributed by atoms with Crippen LogP contribution in [-0.4, -0.2) is 51.3 Å². The van der Waals surface area contributed by atoms with E-state index in [1.807, 2.05) is 36.6 Å². The van der Waals surface area contributed by atoms with E-state index in [1.165, 1.54) is 16.7 Å². The van der Waals surface area contributed by atoms with Crippen LogP contribution in [-0.2, 0) is 4.79 Å². The van der Waals surface area contributed by atoms with Crippen LogP contribution in [0, 0.1) is 13.8 Å². The molecule has 1 heterocycles. The normalized spacial score (nSPS) is 10.6. The Morgan fingerprint density at radius 3 is 2.45 bits per heavy atom. The molecule has 29 heavy (non-hydrogen) atoms. The maximum atomic E-state index is 12.4. The summed E-state index contributed by atoms with van der Waals surface area (Å²) in [7, 11) is 3.40. The minimum Gasteiger partial charge on any atom is -0.345 e. The molecule has 150 valence electrons. The molecule has 2 amide bonds. The molecule has 0 spiro atoms. The summed E-state index contributed by atoms with van der Waals surface area (Å²) >= 11 is 1.32. The number of carbonyl (C=O) groups is 2.